The summed E-state index contributed by atoms with van der Waals surface area (Å²) in [6.45, 7) is 3.93. The molecule has 1 rings (SSSR count). The summed E-state index contributed by atoms with van der Waals surface area (Å²) in [6.07, 6.45) is 2.54. The highest BCUT2D eigenvalue weighted by Crippen LogP contribution is 2.51. The summed E-state index contributed by atoms with van der Waals surface area (Å²) in [4.78, 5) is 25.8. The fourth-order valence-electron chi connectivity index (χ4n) is 3.40. The van der Waals surface area contributed by atoms with Crippen molar-refractivity contribution in [1.29, 1.82) is 0 Å². The molecule has 0 aliphatic rings. The number of benzene rings is 1. The van der Waals surface area contributed by atoms with Crippen LogP contribution in [-0.2, 0) is 40.4 Å². The van der Waals surface area contributed by atoms with Gasteiger partial charge >= 0.3 is 7.60 Å². The lowest BCUT2D eigenvalue weighted by Crippen LogP contribution is -2.55. The second-order valence-electron chi connectivity index (χ2n) is 8.20. The van der Waals surface area contributed by atoms with Crippen LogP contribution in [0, 0.1) is 5.92 Å². The van der Waals surface area contributed by atoms with Crippen LogP contribution in [0.1, 0.15) is 32.3 Å². The first kappa shape index (κ1) is 29.5. The molecule has 0 aromatic heterocycles. The van der Waals surface area contributed by atoms with Gasteiger partial charge in [0.2, 0.25) is 11.8 Å². The largest absolute Gasteiger partial charge is 0.357 e. The smallest absolute Gasteiger partial charge is 0.346 e. The molecule has 9 nitrogen and oxygen atoms in total. The zero-order valence-electron chi connectivity index (χ0n) is 20.3. The Morgan fingerprint density at radius 1 is 1.06 bits per heavy atom. The van der Waals surface area contributed by atoms with Gasteiger partial charge in [0.1, 0.15) is 11.8 Å². The Labute approximate surface area is 199 Å². The molecule has 0 fully saturated rings. The van der Waals surface area contributed by atoms with Gasteiger partial charge in [-0.2, -0.15) is 0 Å². The van der Waals surface area contributed by atoms with E-state index in [-0.39, 0.29) is 24.0 Å². The molecule has 11 heteroatoms. The molecule has 1 aromatic carbocycles. The van der Waals surface area contributed by atoms with E-state index < -0.39 is 42.2 Å². The third-order valence-corrected chi connectivity index (χ3v) is 8.15. The van der Waals surface area contributed by atoms with Gasteiger partial charge in [-0.15, -0.1) is 0 Å². The molecule has 3 N–H and O–H groups in total. The average molecular weight is 504 g/mol. The molecule has 0 heterocycles. The fraction of sp³-hybridized carbons (Fsp3) is 0.636. The van der Waals surface area contributed by atoms with Crippen LogP contribution in [0.3, 0.4) is 0 Å². The fourth-order valence-corrected chi connectivity index (χ4v) is 5.61. The van der Waals surface area contributed by atoms with Gasteiger partial charge in [-0.1, -0.05) is 44.2 Å². The third kappa shape index (κ3) is 10.1. The van der Waals surface area contributed by atoms with Crippen molar-refractivity contribution in [2.75, 3.05) is 33.3 Å². The summed E-state index contributed by atoms with van der Waals surface area (Å²) in [5, 5.41) is 8.55. The molecule has 0 bridgehead atoms. The molecule has 0 saturated heterocycles. The van der Waals surface area contributed by atoms with Gasteiger partial charge in [0.05, 0.1) is 6.04 Å². The van der Waals surface area contributed by atoms with E-state index in [9.17, 15) is 18.4 Å². The SMILES string of the molecule is CNC(=O)[C@H](Cc1ccccc1)NC(=O)[C@H](CC(C)C)NC(CCS(C)=O)P(=O)(OC)OC. The van der Waals surface area contributed by atoms with Crippen molar-refractivity contribution in [1.82, 2.24) is 16.0 Å². The molecular formula is C22H38N3O6PS. The average Bonchev–Trinajstić information content (AvgIpc) is 2.79. The lowest BCUT2D eigenvalue weighted by Gasteiger charge is -2.30. The zero-order chi connectivity index (χ0) is 25.0. The molecule has 188 valence electrons. The van der Waals surface area contributed by atoms with Crippen LogP contribution < -0.4 is 16.0 Å². The van der Waals surface area contributed by atoms with Crippen LogP contribution in [0.2, 0.25) is 0 Å². The monoisotopic (exact) mass is 503 g/mol. The van der Waals surface area contributed by atoms with Crippen molar-refractivity contribution in [2.24, 2.45) is 5.92 Å². The van der Waals surface area contributed by atoms with Crippen molar-refractivity contribution < 1.29 is 27.4 Å². The highest BCUT2D eigenvalue weighted by atomic mass is 32.2. The Kier molecular flexibility index (Phi) is 13.1. The van der Waals surface area contributed by atoms with Gasteiger partial charge in [-0.05, 0) is 24.3 Å². The summed E-state index contributed by atoms with van der Waals surface area (Å²) in [5.74, 6) is -1.15. The summed E-state index contributed by atoms with van der Waals surface area (Å²) in [7, 11) is -0.653. The number of nitrogens with one attached hydrogen (secondary N) is 3. The van der Waals surface area contributed by atoms with Crippen LogP contribution in [0.4, 0.5) is 0 Å². The standard InChI is InChI=1S/C22H38N3O6PS/c1-16(2)14-18(24-20(12-13-33(6)29)32(28,30-4)31-5)22(27)25-19(21(26)23-3)15-17-10-8-7-9-11-17/h7-11,16,18-20,24H,12-15H2,1-6H3,(H,23,26)(H,25,27)/t18-,19-,20?,33?/m0/s1. The number of hydrogen-bond donors (Lipinski definition) is 3. The quantitative estimate of drug-likeness (QED) is 0.313. The maximum absolute atomic E-state index is 13.3. The highest BCUT2D eigenvalue weighted by molar-refractivity contribution is 7.84. The second kappa shape index (κ2) is 14.6. The van der Waals surface area contributed by atoms with E-state index in [0.717, 1.165) is 5.56 Å². The zero-order valence-corrected chi connectivity index (χ0v) is 22.0. The highest BCUT2D eigenvalue weighted by Gasteiger charge is 2.37. The van der Waals surface area contributed by atoms with E-state index in [1.807, 2.05) is 44.2 Å². The summed E-state index contributed by atoms with van der Waals surface area (Å²) < 4.78 is 35.1. The molecule has 0 aliphatic heterocycles. The van der Waals surface area contributed by atoms with Gasteiger partial charge in [-0.3, -0.25) is 23.7 Å². The van der Waals surface area contributed by atoms with Crippen LogP contribution >= 0.6 is 7.60 Å². The molecule has 33 heavy (non-hydrogen) atoms. The van der Waals surface area contributed by atoms with Gasteiger partial charge < -0.3 is 19.7 Å². The lowest BCUT2D eigenvalue weighted by molar-refractivity contribution is -0.130. The van der Waals surface area contributed by atoms with Crippen molar-refractivity contribution in [3.63, 3.8) is 0 Å². The molecular weight excluding hydrogens is 465 g/mol. The van der Waals surface area contributed by atoms with Crippen molar-refractivity contribution in [3.8, 4) is 0 Å². The molecule has 0 spiro atoms. The van der Waals surface area contributed by atoms with E-state index in [4.69, 9.17) is 9.05 Å². The molecule has 0 aliphatic carbocycles. The van der Waals surface area contributed by atoms with Gasteiger partial charge in [0.25, 0.3) is 0 Å². The van der Waals surface area contributed by atoms with Crippen molar-refractivity contribution in [2.45, 2.75) is 51.0 Å². The Hall–Kier alpha value is -1.58. The predicted molar refractivity (Wildman–Crippen MR) is 131 cm³/mol. The van der Waals surface area contributed by atoms with Crippen LogP contribution in [0.5, 0.6) is 0 Å². The summed E-state index contributed by atoms with van der Waals surface area (Å²) in [5.41, 5.74) is 0.909. The normalized spacial score (nSPS) is 15.5. The van der Waals surface area contributed by atoms with Crippen LogP contribution in [-0.4, -0.2) is 67.2 Å². The van der Waals surface area contributed by atoms with E-state index in [1.54, 1.807) is 6.26 Å². The minimum Gasteiger partial charge on any atom is -0.357 e. The Bertz CT molecular complexity index is 816. The lowest BCUT2D eigenvalue weighted by atomic mass is 10.0. The number of likely N-dealkylation sites (N-methyl/N-ethyl adjacent to an activating group) is 1. The van der Waals surface area contributed by atoms with Gasteiger partial charge in [0, 0.05) is 50.5 Å². The number of rotatable bonds is 15. The van der Waals surface area contributed by atoms with Gasteiger partial charge in [-0.25, -0.2) is 0 Å². The minimum absolute atomic E-state index is 0.131. The first-order chi connectivity index (χ1) is 15.6. The summed E-state index contributed by atoms with van der Waals surface area (Å²) >= 11 is 0. The molecule has 0 saturated carbocycles. The maximum Gasteiger partial charge on any atom is 0.346 e. The van der Waals surface area contributed by atoms with E-state index in [2.05, 4.69) is 16.0 Å². The summed E-state index contributed by atoms with van der Waals surface area (Å²) in [6, 6.07) is 7.86. The molecule has 2 unspecified atom stereocenters. The Balaban J connectivity index is 3.13. The molecule has 2 amide bonds. The van der Waals surface area contributed by atoms with Crippen molar-refractivity contribution in [3.05, 3.63) is 35.9 Å². The van der Waals surface area contributed by atoms with E-state index in [1.165, 1.54) is 21.3 Å². The number of carbonyl (C=O) groups is 2. The van der Waals surface area contributed by atoms with Gasteiger partial charge in [0.15, 0.2) is 0 Å². The Morgan fingerprint density at radius 2 is 1.67 bits per heavy atom. The molecule has 0 radical (unpaired) electrons. The molecule has 1 aromatic rings. The first-order valence-electron chi connectivity index (χ1n) is 10.9. The van der Waals surface area contributed by atoms with Crippen LogP contribution in [0.25, 0.3) is 0 Å². The number of hydrogen-bond acceptors (Lipinski definition) is 7. The minimum atomic E-state index is -3.60. The topological polar surface area (TPSA) is 123 Å². The van der Waals surface area contributed by atoms with Crippen LogP contribution in [0.15, 0.2) is 30.3 Å². The predicted octanol–water partition coefficient (Wildman–Crippen LogP) is 2.04. The maximum atomic E-state index is 13.3. The van der Waals surface area contributed by atoms with E-state index in [0.29, 0.717) is 12.8 Å². The number of amides is 2. The Morgan fingerprint density at radius 3 is 2.15 bits per heavy atom. The van der Waals surface area contributed by atoms with E-state index >= 15 is 0 Å². The number of carbonyl (C=O) groups excluding carboxylic acids is 2. The van der Waals surface area contributed by atoms with Crippen molar-refractivity contribution >= 4 is 30.2 Å². The second-order valence-corrected chi connectivity index (χ2v) is 12.2. The molecule has 4 atom stereocenters. The first-order valence-corrected chi connectivity index (χ1v) is 14.2. The third-order valence-electron chi connectivity index (χ3n) is 5.15.